The average Bonchev–Trinajstić information content (AvgIpc) is 1.89. The third kappa shape index (κ3) is 5.41. The van der Waals surface area contributed by atoms with E-state index < -0.39 is 0 Å². The molecule has 3 heteroatoms. The lowest BCUT2D eigenvalue weighted by Gasteiger charge is -2.14. The van der Waals surface area contributed by atoms with Crippen LogP contribution in [0.2, 0.25) is 0 Å². The maximum absolute atomic E-state index is 8.13. The minimum atomic E-state index is -0.214. The second-order valence-corrected chi connectivity index (χ2v) is 2.74. The van der Waals surface area contributed by atoms with Gasteiger partial charge >= 0.3 is 0 Å². The van der Waals surface area contributed by atoms with Gasteiger partial charge in [0.1, 0.15) is 5.84 Å². The first-order chi connectivity index (χ1) is 4.48. The van der Waals surface area contributed by atoms with E-state index in [2.05, 4.69) is 5.16 Å². The number of hydrogen-bond acceptors (Lipinski definition) is 2. The molecule has 62 valence electrons. The van der Waals surface area contributed by atoms with E-state index in [4.69, 9.17) is 10.9 Å². The molecule has 3 nitrogen and oxygen atoms in total. The van der Waals surface area contributed by atoms with E-state index in [1.54, 1.807) is 0 Å². The number of oxime groups is 1. The molecule has 0 saturated heterocycles. The summed E-state index contributed by atoms with van der Waals surface area (Å²) in [7, 11) is 0. The Morgan fingerprint density at radius 2 is 1.60 bits per heavy atom. The molecule has 0 aliphatic carbocycles. The normalized spacial score (nSPS) is 11.9. The van der Waals surface area contributed by atoms with Gasteiger partial charge in [-0.1, -0.05) is 39.8 Å². The molecule has 0 spiro atoms. The number of hydrogen-bond donors (Lipinski definition) is 2. The summed E-state index contributed by atoms with van der Waals surface area (Å²) in [6.07, 6.45) is 0. The lowest BCUT2D eigenvalue weighted by atomic mass is 9.96. The molecule has 0 fully saturated rings. The standard InChI is InChI=1S/C5H12N2O.C2H6/c1-5(2,3)4(6)7-8;1-2/h8H,1-3H3,(H2,6,7);1-2H3. The van der Waals surface area contributed by atoms with E-state index in [0.717, 1.165) is 0 Å². The Morgan fingerprint density at radius 1 is 1.30 bits per heavy atom. The molecule has 0 heterocycles. The van der Waals surface area contributed by atoms with Crippen LogP contribution in [-0.4, -0.2) is 11.0 Å². The quantitative estimate of drug-likeness (QED) is 0.237. The van der Waals surface area contributed by atoms with Gasteiger partial charge in [-0.2, -0.15) is 0 Å². The second kappa shape index (κ2) is 5.09. The van der Waals surface area contributed by atoms with Gasteiger partial charge in [0.15, 0.2) is 0 Å². The molecule has 0 rings (SSSR count). The fourth-order valence-electron chi connectivity index (χ4n) is 0.150. The van der Waals surface area contributed by atoms with E-state index in [1.807, 2.05) is 34.6 Å². The van der Waals surface area contributed by atoms with E-state index in [1.165, 1.54) is 0 Å². The van der Waals surface area contributed by atoms with Crippen LogP contribution in [-0.2, 0) is 0 Å². The van der Waals surface area contributed by atoms with Gasteiger partial charge in [-0.25, -0.2) is 0 Å². The van der Waals surface area contributed by atoms with Crippen LogP contribution in [0.15, 0.2) is 5.16 Å². The van der Waals surface area contributed by atoms with Crippen molar-refractivity contribution < 1.29 is 5.21 Å². The summed E-state index contributed by atoms with van der Waals surface area (Å²) in [5.41, 5.74) is 5.04. The Hall–Kier alpha value is -0.730. The molecule has 0 bridgehead atoms. The van der Waals surface area contributed by atoms with E-state index in [-0.39, 0.29) is 11.3 Å². The summed E-state index contributed by atoms with van der Waals surface area (Å²) in [4.78, 5) is 0. The van der Waals surface area contributed by atoms with Gasteiger partial charge in [0, 0.05) is 5.41 Å². The van der Waals surface area contributed by atoms with Crippen molar-refractivity contribution in [3.05, 3.63) is 0 Å². The lowest BCUT2D eigenvalue weighted by Crippen LogP contribution is -2.28. The zero-order chi connectivity index (χ0) is 8.78. The summed E-state index contributed by atoms with van der Waals surface area (Å²) in [5.74, 6) is 0.262. The van der Waals surface area contributed by atoms with Crippen molar-refractivity contribution in [3.8, 4) is 0 Å². The maximum atomic E-state index is 8.13. The van der Waals surface area contributed by atoms with Crippen LogP contribution < -0.4 is 5.73 Å². The first kappa shape index (κ1) is 12.0. The number of nitrogens with zero attached hydrogens (tertiary/aromatic N) is 1. The SMILES string of the molecule is CC.CC(C)(C)/C(N)=N/O. The van der Waals surface area contributed by atoms with Crippen molar-refractivity contribution in [3.63, 3.8) is 0 Å². The highest BCUT2D eigenvalue weighted by Gasteiger charge is 2.15. The summed E-state index contributed by atoms with van der Waals surface area (Å²) in [6, 6.07) is 0. The predicted molar refractivity (Wildman–Crippen MR) is 44.2 cm³/mol. The number of nitrogens with two attached hydrogens (primary N) is 1. The van der Waals surface area contributed by atoms with Crippen molar-refractivity contribution in [2.75, 3.05) is 0 Å². The van der Waals surface area contributed by atoms with Crippen molar-refractivity contribution in [1.29, 1.82) is 0 Å². The molecule has 0 aliphatic heterocycles. The highest BCUT2D eigenvalue weighted by atomic mass is 16.4. The third-order valence-electron chi connectivity index (χ3n) is 0.876. The van der Waals surface area contributed by atoms with Crippen LogP contribution in [0.25, 0.3) is 0 Å². The van der Waals surface area contributed by atoms with Gasteiger partial charge in [-0.05, 0) is 0 Å². The fraction of sp³-hybridized carbons (Fsp3) is 0.857. The average molecular weight is 146 g/mol. The van der Waals surface area contributed by atoms with Gasteiger partial charge in [-0.15, -0.1) is 0 Å². The molecule has 0 aromatic carbocycles. The molecule has 0 aromatic rings. The first-order valence-corrected chi connectivity index (χ1v) is 3.46. The van der Waals surface area contributed by atoms with Gasteiger partial charge in [0.2, 0.25) is 0 Å². The van der Waals surface area contributed by atoms with E-state index >= 15 is 0 Å². The smallest absolute Gasteiger partial charge is 0.144 e. The first-order valence-electron chi connectivity index (χ1n) is 3.46. The number of amidine groups is 1. The van der Waals surface area contributed by atoms with Crippen LogP contribution in [0.1, 0.15) is 34.6 Å². The summed E-state index contributed by atoms with van der Waals surface area (Å²) in [5, 5.41) is 11.0. The van der Waals surface area contributed by atoms with Crippen LogP contribution in [0.3, 0.4) is 0 Å². The topological polar surface area (TPSA) is 58.6 Å². The molecule has 0 aliphatic rings. The molecule has 0 aromatic heterocycles. The fourth-order valence-corrected chi connectivity index (χ4v) is 0.150. The molecule has 10 heavy (non-hydrogen) atoms. The summed E-state index contributed by atoms with van der Waals surface area (Å²) < 4.78 is 0. The summed E-state index contributed by atoms with van der Waals surface area (Å²) in [6.45, 7) is 9.63. The van der Waals surface area contributed by atoms with Crippen molar-refractivity contribution in [1.82, 2.24) is 0 Å². The van der Waals surface area contributed by atoms with Crippen LogP contribution >= 0.6 is 0 Å². The highest BCUT2D eigenvalue weighted by molar-refractivity contribution is 5.84. The Morgan fingerprint density at radius 3 is 1.60 bits per heavy atom. The Labute approximate surface area is 62.9 Å². The Kier molecular flexibility index (Phi) is 6.10. The molecule has 3 N–H and O–H groups in total. The highest BCUT2D eigenvalue weighted by Crippen LogP contribution is 2.11. The largest absolute Gasteiger partial charge is 0.409 e. The lowest BCUT2D eigenvalue weighted by molar-refractivity contribution is 0.310. The van der Waals surface area contributed by atoms with Gasteiger partial charge in [-0.3, -0.25) is 0 Å². The zero-order valence-corrected chi connectivity index (χ0v) is 7.47. The maximum Gasteiger partial charge on any atom is 0.144 e. The Balaban J connectivity index is 0. The predicted octanol–water partition coefficient (Wildman–Crippen LogP) is 1.81. The van der Waals surface area contributed by atoms with Gasteiger partial charge < -0.3 is 10.9 Å². The van der Waals surface area contributed by atoms with E-state index in [9.17, 15) is 0 Å². The van der Waals surface area contributed by atoms with Crippen molar-refractivity contribution in [2.45, 2.75) is 34.6 Å². The molecule has 0 radical (unpaired) electrons. The number of rotatable bonds is 0. The minimum Gasteiger partial charge on any atom is -0.409 e. The monoisotopic (exact) mass is 146 g/mol. The molecule has 0 amide bonds. The molecular formula is C7H18N2O. The molecule has 0 saturated carbocycles. The molecule has 0 atom stereocenters. The third-order valence-corrected chi connectivity index (χ3v) is 0.876. The summed E-state index contributed by atoms with van der Waals surface area (Å²) >= 11 is 0. The molecular weight excluding hydrogens is 128 g/mol. The minimum absolute atomic E-state index is 0.214. The molecule has 0 unspecified atom stereocenters. The van der Waals surface area contributed by atoms with Crippen molar-refractivity contribution in [2.24, 2.45) is 16.3 Å². The zero-order valence-electron chi connectivity index (χ0n) is 7.47. The van der Waals surface area contributed by atoms with Crippen LogP contribution in [0.4, 0.5) is 0 Å². The Bertz CT molecular complexity index is 103. The van der Waals surface area contributed by atoms with Crippen molar-refractivity contribution >= 4 is 5.84 Å². The van der Waals surface area contributed by atoms with Crippen LogP contribution in [0.5, 0.6) is 0 Å². The van der Waals surface area contributed by atoms with E-state index in [0.29, 0.717) is 0 Å². The van der Waals surface area contributed by atoms with Crippen LogP contribution in [0, 0.1) is 5.41 Å². The van der Waals surface area contributed by atoms with Gasteiger partial charge in [0.25, 0.3) is 0 Å². The second-order valence-electron chi connectivity index (χ2n) is 2.74. The van der Waals surface area contributed by atoms with Gasteiger partial charge in [0.05, 0.1) is 0 Å².